The summed E-state index contributed by atoms with van der Waals surface area (Å²) in [4.78, 5) is 29.4. The standard InChI is InChI=1S/C20H18Br2N2O2S/c21-15-6-4-13(5-7-15)20-23(8-9-27-20)19(26)14-10-18(25)24(12-14)17-3-1-2-16(22)11-17/h1-7,11,14,20H,8-10,12H2. The minimum absolute atomic E-state index is 0.0125. The molecule has 0 saturated carbocycles. The van der Waals surface area contributed by atoms with E-state index in [-0.39, 0.29) is 29.5 Å². The van der Waals surface area contributed by atoms with Gasteiger partial charge >= 0.3 is 0 Å². The molecule has 2 aromatic rings. The van der Waals surface area contributed by atoms with Gasteiger partial charge in [0.15, 0.2) is 0 Å². The Morgan fingerprint density at radius 3 is 2.59 bits per heavy atom. The number of halogens is 2. The molecule has 0 aliphatic carbocycles. The summed E-state index contributed by atoms with van der Waals surface area (Å²) < 4.78 is 1.95. The minimum atomic E-state index is -0.284. The Morgan fingerprint density at radius 2 is 1.85 bits per heavy atom. The molecule has 0 spiro atoms. The highest BCUT2D eigenvalue weighted by Gasteiger charge is 2.40. The van der Waals surface area contributed by atoms with Gasteiger partial charge in [0.2, 0.25) is 11.8 Å². The van der Waals surface area contributed by atoms with Crippen molar-refractivity contribution in [3.63, 3.8) is 0 Å². The summed E-state index contributed by atoms with van der Waals surface area (Å²) in [6.07, 6.45) is 0.277. The van der Waals surface area contributed by atoms with Crippen LogP contribution in [0.25, 0.3) is 0 Å². The minimum Gasteiger partial charge on any atom is -0.325 e. The number of benzene rings is 2. The molecule has 2 atom stereocenters. The largest absolute Gasteiger partial charge is 0.325 e. The molecular weight excluding hydrogens is 492 g/mol. The van der Waals surface area contributed by atoms with Crippen LogP contribution in [-0.4, -0.2) is 35.6 Å². The predicted molar refractivity (Wildman–Crippen MR) is 116 cm³/mol. The molecule has 7 heteroatoms. The quantitative estimate of drug-likeness (QED) is 0.594. The Bertz CT molecular complexity index is 875. The lowest BCUT2D eigenvalue weighted by atomic mass is 10.1. The molecule has 0 aromatic heterocycles. The summed E-state index contributed by atoms with van der Waals surface area (Å²) in [5.74, 6) is 0.730. The maximum atomic E-state index is 13.2. The number of hydrogen-bond donors (Lipinski definition) is 0. The first kappa shape index (κ1) is 19.0. The van der Waals surface area contributed by atoms with E-state index in [1.54, 1.807) is 16.7 Å². The van der Waals surface area contributed by atoms with Crippen LogP contribution in [0, 0.1) is 5.92 Å². The number of carbonyl (C=O) groups is 2. The van der Waals surface area contributed by atoms with Gasteiger partial charge in [-0.2, -0.15) is 0 Å². The summed E-state index contributed by atoms with van der Waals surface area (Å²) >= 11 is 8.69. The number of rotatable bonds is 3. The summed E-state index contributed by atoms with van der Waals surface area (Å²) in [6.45, 7) is 1.17. The molecule has 2 saturated heterocycles. The molecule has 2 amide bonds. The Hall–Kier alpha value is -1.31. The SMILES string of the molecule is O=C1CC(C(=O)N2CCSC2c2ccc(Br)cc2)CN1c1cccc(Br)c1. The van der Waals surface area contributed by atoms with Crippen LogP contribution >= 0.6 is 43.6 Å². The molecule has 0 radical (unpaired) electrons. The third-order valence-electron chi connectivity index (χ3n) is 4.92. The van der Waals surface area contributed by atoms with Crippen molar-refractivity contribution in [2.24, 2.45) is 5.92 Å². The highest BCUT2D eigenvalue weighted by molar-refractivity contribution is 9.10. The first-order chi connectivity index (χ1) is 13.0. The average Bonchev–Trinajstić information content (AvgIpc) is 3.29. The molecule has 4 rings (SSSR count). The predicted octanol–water partition coefficient (Wildman–Crippen LogP) is 4.84. The molecule has 4 nitrogen and oxygen atoms in total. The zero-order valence-corrected chi connectivity index (χ0v) is 18.5. The number of anilines is 1. The van der Waals surface area contributed by atoms with Crippen molar-refractivity contribution in [1.82, 2.24) is 4.90 Å². The first-order valence-corrected chi connectivity index (χ1v) is 11.4. The molecule has 2 heterocycles. The first-order valence-electron chi connectivity index (χ1n) is 8.76. The van der Waals surface area contributed by atoms with Gasteiger partial charge in [0, 0.05) is 39.9 Å². The smallest absolute Gasteiger partial charge is 0.229 e. The molecule has 2 aliphatic rings. The average molecular weight is 510 g/mol. The van der Waals surface area contributed by atoms with E-state index in [0.29, 0.717) is 6.54 Å². The highest BCUT2D eigenvalue weighted by Crippen LogP contribution is 2.40. The van der Waals surface area contributed by atoms with Crippen LogP contribution in [0.4, 0.5) is 5.69 Å². The number of carbonyl (C=O) groups excluding carboxylic acids is 2. The van der Waals surface area contributed by atoms with E-state index in [0.717, 1.165) is 32.5 Å². The van der Waals surface area contributed by atoms with Gasteiger partial charge in [-0.3, -0.25) is 9.59 Å². The van der Waals surface area contributed by atoms with Crippen molar-refractivity contribution in [3.05, 3.63) is 63.0 Å². The van der Waals surface area contributed by atoms with E-state index < -0.39 is 0 Å². The fourth-order valence-corrected chi connectivity index (χ4v) is 5.52. The van der Waals surface area contributed by atoms with Crippen LogP contribution in [0.15, 0.2) is 57.5 Å². The van der Waals surface area contributed by atoms with Crippen molar-refractivity contribution in [3.8, 4) is 0 Å². The lowest BCUT2D eigenvalue weighted by Gasteiger charge is -2.27. The van der Waals surface area contributed by atoms with Gasteiger partial charge < -0.3 is 9.80 Å². The van der Waals surface area contributed by atoms with E-state index in [2.05, 4.69) is 44.0 Å². The second-order valence-electron chi connectivity index (χ2n) is 6.69. The van der Waals surface area contributed by atoms with Crippen molar-refractivity contribution in [1.29, 1.82) is 0 Å². The molecule has 0 N–H and O–H groups in total. The van der Waals surface area contributed by atoms with Crippen LogP contribution in [0.3, 0.4) is 0 Å². The Morgan fingerprint density at radius 1 is 1.07 bits per heavy atom. The Kier molecular flexibility index (Phi) is 5.62. The van der Waals surface area contributed by atoms with E-state index in [1.807, 2.05) is 41.3 Å². The molecule has 2 unspecified atom stereocenters. The zero-order valence-electron chi connectivity index (χ0n) is 14.5. The van der Waals surface area contributed by atoms with Crippen molar-refractivity contribution in [2.75, 3.05) is 23.7 Å². The van der Waals surface area contributed by atoms with Crippen LogP contribution in [0.1, 0.15) is 17.4 Å². The molecule has 0 bridgehead atoms. The zero-order chi connectivity index (χ0) is 19.0. The van der Waals surface area contributed by atoms with Crippen LogP contribution < -0.4 is 4.90 Å². The lowest BCUT2D eigenvalue weighted by molar-refractivity contribution is -0.136. The van der Waals surface area contributed by atoms with Crippen LogP contribution in [0.2, 0.25) is 0 Å². The third-order valence-corrected chi connectivity index (χ3v) is 7.21. The van der Waals surface area contributed by atoms with E-state index in [4.69, 9.17) is 0 Å². The summed E-state index contributed by atoms with van der Waals surface area (Å²) in [5, 5.41) is 0.0284. The maximum absolute atomic E-state index is 13.2. The van der Waals surface area contributed by atoms with Gasteiger partial charge in [0.05, 0.1) is 5.92 Å². The lowest BCUT2D eigenvalue weighted by Crippen LogP contribution is -2.37. The highest BCUT2D eigenvalue weighted by atomic mass is 79.9. The van der Waals surface area contributed by atoms with Crippen molar-refractivity contribution in [2.45, 2.75) is 11.8 Å². The summed E-state index contributed by atoms with van der Waals surface area (Å²) in [6, 6.07) is 15.8. The van der Waals surface area contributed by atoms with Gasteiger partial charge in [-0.25, -0.2) is 0 Å². The fourth-order valence-electron chi connectivity index (χ4n) is 3.60. The Balaban J connectivity index is 1.51. The monoisotopic (exact) mass is 508 g/mol. The van der Waals surface area contributed by atoms with Crippen LogP contribution in [0.5, 0.6) is 0 Å². The Labute approximate surface area is 179 Å². The molecule has 2 fully saturated rings. The van der Waals surface area contributed by atoms with Gasteiger partial charge in [-0.05, 0) is 35.9 Å². The molecule has 2 aromatic carbocycles. The fraction of sp³-hybridized carbons (Fsp3) is 0.300. The van der Waals surface area contributed by atoms with E-state index in [9.17, 15) is 9.59 Å². The van der Waals surface area contributed by atoms with Crippen molar-refractivity contribution < 1.29 is 9.59 Å². The van der Waals surface area contributed by atoms with E-state index >= 15 is 0 Å². The number of amides is 2. The number of hydrogen-bond acceptors (Lipinski definition) is 3. The molecule has 2 aliphatic heterocycles. The van der Waals surface area contributed by atoms with Crippen molar-refractivity contribution >= 4 is 61.1 Å². The van der Waals surface area contributed by atoms with E-state index in [1.165, 1.54) is 0 Å². The van der Waals surface area contributed by atoms with Gasteiger partial charge in [-0.15, -0.1) is 11.8 Å². The molecular formula is C20H18Br2N2O2S. The normalized spacial score (nSPS) is 22.5. The second kappa shape index (κ2) is 7.97. The summed E-state index contributed by atoms with van der Waals surface area (Å²) in [5.41, 5.74) is 1.96. The van der Waals surface area contributed by atoms with Crippen LogP contribution in [-0.2, 0) is 9.59 Å². The number of nitrogens with zero attached hydrogens (tertiary/aromatic N) is 2. The summed E-state index contributed by atoms with van der Waals surface area (Å²) in [7, 11) is 0. The molecule has 27 heavy (non-hydrogen) atoms. The van der Waals surface area contributed by atoms with Gasteiger partial charge in [-0.1, -0.05) is 50.1 Å². The van der Waals surface area contributed by atoms with Gasteiger partial charge in [0.25, 0.3) is 0 Å². The third kappa shape index (κ3) is 3.96. The maximum Gasteiger partial charge on any atom is 0.229 e. The van der Waals surface area contributed by atoms with Gasteiger partial charge in [0.1, 0.15) is 5.37 Å². The topological polar surface area (TPSA) is 40.6 Å². The number of thioether (sulfide) groups is 1. The second-order valence-corrected chi connectivity index (χ2v) is 9.71. The molecule has 140 valence electrons.